The van der Waals surface area contributed by atoms with Crippen molar-refractivity contribution in [2.75, 3.05) is 24.8 Å². The zero-order valence-electron chi connectivity index (χ0n) is 14.9. The largest absolute Gasteiger partial charge is 0.494 e. The van der Waals surface area contributed by atoms with Gasteiger partial charge in [-0.2, -0.15) is 0 Å². The van der Waals surface area contributed by atoms with Gasteiger partial charge in [-0.1, -0.05) is 29.5 Å². The van der Waals surface area contributed by atoms with Crippen molar-refractivity contribution >= 4 is 44.4 Å². The molecule has 140 valence electrons. The Balaban J connectivity index is 1.51. The molecule has 0 spiro atoms. The van der Waals surface area contributed by atoms with Crippen LogP contribution in [0.5, 0.6) is 5.75 Å². The van der Waals surface area contributed by atoms with Gasteiger partial charge in [0.15, 0.2) is 5.13 Å². The molecule has 0 saturated carbocycles. The number of thiazole rings is 1. The fraction of sp³-hybridized carbons (Fsp3) is 0.300. The summed E-state index contributed by atoms with van der Waals surface area (Å²) in [6.07, 6.45) is 2.49. The number of hydrogen-bond acceptors (Lipinski definition) is 6. The number of thioether (sulfide) groups is 1. The number of ether oxygens (including phenoxy) is 2. The first-order chi connectivity index (χ1) is 13.2. The first-order valence-electron chi connectivity index (χ1n) is 8.83. The van der Waals surface area contributed by atoms with E-state index in [1.165, 1.54) is 11.3 Å². The second kappa shape index (κ2) is 8.29. The lowest BCUT2D eigenvalue weighted by Gasteiger charge is -2.11. The zero-order chi connectivity index (χ0) is 18.6. The second-order valence-electron chi connectivity index (χ2n) is 6.22. The minimum Gasteiger partial charge on any atom is -0.494 e. The highest BCUT2D eigenvalue weighted by Crippen LogP contribution is 2.33. The van der Waals surface area contributed by atoms with Gasteiger partial charge >= 0.3 is 0 Å². The maximum Gasteiger partial charge on any atom is 0.258 e. The van der Waals surface area contributed by atoms with E-state index in [-0.39, 0.29) is 12.0 Å². The maximum atomic E-state index is 12.8. The molecule has 1 unspecified atom stereocenters. The number of fused-ring (bicyclic) bond motifs is 1. The summed E-state index contributed by atoms with van der Waals surface area (Å²) < 4.78 is 12.0. The van der Waals surface area contributed by atoms with Crippen LogP contribution in [0.15, 0.2) is 47.4 Å². The number of nitrogens with zero attached hydrogens (tertiary/aromatic N) is 1. The number of anilines is 1. The SMILES string of the molecule is COc1cccc2sc(NC(=O)c3ccccc3SCC3CCCO3)nc12. The molecule has 0 bridgehead atoms. The van der Waals surface area contributed by atoms with Crippen LogP contribution in [0.4, 0.5) is 5.13 Å². The summed E-state index contributed by atoms with van der Waals surface area (Å²) in [6, 6.07) is 13.4. The second-order valence-corrected chi connectivity index (χ2v) is 8.31. The molecule has 1 aliphatic rings. The Hall–Kier alpha value is -2.09. The van der Waals surface area contributed by atoms with E-state index in [1.807, 2.05) is 42.5 Å². The topological polar surface area (TPSA) is 60.5 Å². The van der Waals surface area contributed by atoms with Crippen LogP contribution in [0.2, 0.25) is 0 Å². The maximum absolute atomic E-state index is 12.8. The van der Waals surface area contributed by atoms with Crippen LogP contribution in [0.1, 0.15) is 23.2 Å². The zero-order valence-corrected chi connectivity index (χ0v) is 16.6. The Morgan fingerprint density at radius 1 is 1.33 bits per heavy atom. The molecule has 1 aromatic heterocycles. The number of amides is 1. The van der Waals surface area contributed by atoms with E-state index >= 15 is 0 Å². The first-order valence-corrected chi connectivity index (χ1v) is 10.6. The number of rotatable bonds is 6. The van der Waals surface area contributed by atoms with Gasteiger partial charge < -0.3 is 9.47 Å². The van der Waals surface area contributed by atoms with E-state index in [9.17, 15) is 4.79 Å². The molecule has 0 aliphatic carbocycles. The van der Waals surface area contributed by atoms with E-state index in [4.69, 9.17) is 9.47 Å². The Labute approximate surface area is 166 Å². The Bertz CT molecular complexity index is 951. The number of aromatic nitrogens is 1. The fourth-order valence-electron chi connectivity index (χ4n) is 3.04. The van der Waals surface area contributed by atoms with E-state index in [2.05, 4.69) is 10.3 Å². The number of para-hydroxylation sites is 1. The normalized spacial score (nSPS) is 16.6. The molecule has 1 aliphatic heterocycles. The standard InChI is InChI=1S/C20H20N2O3S2/c1-24-15-8-4-10-17-18(15)21-20(27-17)22-19(23)14-7-2-3-9-16(14)26-12-13-6-5-11-25-13/h2-4,7-10,13H,5-6,11-12H2,1H3,(H,21,22,23). The van der Waals surface area contributed by atoms with E-state index < -0.39 is 0 Å². The Kier molecular flexibility index (Phi) is 5.61. The van der Waals surface area contributed by atoms with Crippen molar-refractivity contribution in [1.29, 1.82) is 0 Å². The number of benzene rings is 2. The molecule has 0 radical (unpaired) electrons. The van der Waals surface area contributed by atoms with Gasteiger partial charge in [0.1, 0.15) is 11.3 Å². The summed E-state index contributed by atoms with van der Waals surface area (Å²) >= 11 is 3.11. The number of hydrogen-bond donors (Lipinski definition) is 1. The molecule has 7 heteroatoms. The van der Waals surface area contributed by atoms with Gasteiger partial charge in [-0.25, -0.2) is 4.98 Å². The molecule has 1 saturated heterocycles. The summed E-state index contributed by atoms with van der Waals surface area (Å²) in [6.45, 7) is 0.842. The van der Waals surface area contributed by atoms with Crippen molar-refractivity contribution in [2.45, 2.75) is 23.8 Å². The number of nitrogens with one attached hydrogen (secondary N) is 1. The lowest BCUT2D eigenvalue weighted by Crippen LogP contribution is -2.14. The number of methoxy groups -OCH3 is 1. The van der Waals surface area contributed by atoms with E-state index in [0.717, 1.165) is 40.3 Å². The summed E-state index contributed by atoms with van der Waals surface area (Å²) in [5.41, 5.74) is 1.42. The molecule has 4 rings (SSSR count). The fourth-order valence-corrected chi connectivity index (χ4v) is 5.04. The smallest absolute Gasteiger partial charge is 0.258 e. The Morgan fingerprint density at radius 2 is 2.22 bits per heavy atom. The molecular weight excluding hydrogens is 380 g/mol. The third-order valence-electron chi connectivity index (χ3n) is 4.40. The Morgan fingerprint density at radius 3 is 3.04 bits per heavy atom. The highest BCUT2D eigenvalue weighted by molar-refractivity contribution is 7.99. The van der Waals surface area contributed by atoms with Gasteiger partial charge in [0.25, 0.3) is 5.91 Å². The summed E-state index contributed by atoms with van der Waals surface area (Å²) in [5, 5.41) is 3.50. The van der Waals surface area contributed by atoms with Crippen LogP contribution >= 0.6 is 23.1 Å². The highest BCUT2D eigenvalue weighted by atomic mass is 32.2. The highest BCUT2D eigenvalue weighted by Gasteiger charge is 2.19. The van der Waals surface area contributed by atoms with Crippen molar-refractivity contribution in [3.63, 3.8) is 0 Å². The van der Waals surface area contributed by atoms with Gasteiger partial charge in [0, 0.05) is 17.3 Å². The van der Waals surface area contributed by atoms with E-state index in [1.54, 1.807) is 18.9 Å². The van der Waals surface area contributed by atoms with Crippen LogP contribution in [0, 0.1) is 0 Å². The minimum atomic E-state index is -0.150. The van der Waals surface area contributed by atoms with Crippen LogP contribution in [0.3, 0.4) is 0 Å². The van der Waals surface area contributed by atoms with E-state index in [0.29, 0.717) is 16.4 Å². The summed E-state index contributed by atoms with van der Waals surface area (Å²) in [7, 11) is 1.62. The molecule has 5 nitrogen and oxygen atoms in total. The lowest BCUT2D eigenvalue weighted by molar-refractivity contribution is 0.102. The molecule has 1 atom stereocenters. The average molecular weight is 401 g/mol. The molecule has 2 heterocycles. The number of carbonyl (C=O) groups excluding carboxylic acids is 1. The molecular formula is C20H20N2O3S2. The summed E-state index contributed by atoms with van der Waals surface area (Å²) in [4.78, 5) is 18.3. The predicted octanol–water partition coefficient (Wildman–Crippen LogP) is 4.83. The number of carbonyl (C=O) groups is 1. The van der Waals surface area contributed by atoms with Crippen LogP contribution in [-0.2, 0) is 4.74 Å². The van der Waals surface area contributed by atoms with Gasteiger partial charge in [0.2, 0.25) is 0 Å². The van der Waals surface area contributed by atoms with Crippen molar-refractivity contribution in [3.05, 3.63) is 48.0 Å². The molecule has 27 heavy (non-hydrogen) atoms. The molecule has 1 amide bonds. The van der Waals surface area contributed by atoms with Crippen molar-refractivity contribution in [3.8, 4) is 5.75 Å². The van der Waals surface area contributed by atoms with Gasteiger partial charge in [0.05, 0.1) is 23.5 Å². The van der Waals surface area contributed by atoms with Crippen molar-refractivity contribution in [2.24, 2.45) is 0 Å². The average Bonchev–Trinajstić information content (AvgIpc) is 3.35. The predicted molar refractivity (Wildman–Crippen MR) is 110 cm³/mol. The van der Waals surface area contributed by atoms with Crippen molar-refractivity contribution in [1.82, 2.24) is 4.98 Å². The minimum absolute atomic E-state index is 0.150. The third kappa shape index (κ3) is 4.10. The van der Waals surface area contributed by atoms with Gasteiger partial charge in [-0.3, -0.25) is 10.1 Å². The molecule has 2 aromatic carbocycles. The molecule has 1 fully saturated rings. The van der Waals surface area contributed by atoms with Gasteiger partial charge in [-0.05, 0) is 37.1 Å². The van der Waals surface area contributed by atoms with Crippen LogP contribution in [-0.4, -0.2) is 36.5 Å². The first kappa shape index (κ1) is 18.3. The van der Waals surface area contributed by atoms with Crippen LogP contribution < -0.4 is 10.1 Å². The monoisotopic (exact) mass is 400 g/mol. The molecule has 3 aromatic rings. The van der Waals surface area contributed by atoms with Crippen molar-refractivity contribution < 1.29 is 14.3 Å². The molecule has 1 N–H and O–H groups in total. The third-order valence-corrected chi connectivity index (χ3v) is 6.54. The summed E-state index contributed by atoms with van der Waals surface area (Å²) in [5.74, 6) is 1.42. The lowest BCUT2D eigenvalue weighted by atomic mass is 10.2. The van der Waals surface area contributed by atoms with Crippen LogP contribution in [0.25, 0.3) is 10.2 Å². The van der Waals surface area contributed by atoms with Gasteiger partial charge in [-0.15, -0.1) is 11.8 Å². The quantitative estimate of drug-likeness (QED) is 0.601.